The van der Waals surface area contributed by atoms with E-state index in [9.17, 15) is 13.2 Å². The van der Waals surface area contributed by atoms with Crippen LogP contribution in [0.3, 0.4) is 0 Å². The fourth-order valence-electron chi connectivity index (χ4n) is 3.64. The van der Waals surface area contributed by atoms with Crippen molar-refractivity contribution in [2.45, 2.75) is 19.9 Å². The number of anilines is 3. The number of nitrogens with one attached hydrogen (secondary N) is 1. The predicted molar refractivity (Wildman–Crippen MR) is 123 cm³/mol. The largest absolute Gasteiger partial charge is 0.369 e. The molecular formula is C22H30N4O3S. The molecule has 1 N–H and O–H groups in total. The van der Waals surface area contributed by atoms with E-state index in [1.807, 2.05) is 37.3 Å². The minimum Gasteiger partial charge on any atom is -0.369 e. The molecule has 7 nitrogen and oxygen atoms in total. The number of aryl methyl sites for hydroxylation is 1. The molecule has 1 fully saturated rings. The van der Waals surface area contributed by atoms with Gasteiger partial charge in [0.15, 0.2) is 0 Å². The number of benzene rings is 2. The van der Waals surface area contributed by atoms with E-state index in [2.05, 4.69) is 22.2 Å². The summed E-state index contributed by atoms with van der Waals surface area (Å²) in [6.45, 7) is 7.47. The lowest BCUT2D eigenvalue weighted by Gasteiger charge is -2.34. The molecule has 8 heteroatoms. The molecule has 2 aromatic rings. The van der Waals surface area contributed by atoms with Gasteiger partial charge in [-0.3, -0.25) is 9.10 Å². The van der Waals surface area contributed by atoms with Gasteiger partial charge in [0.25, 0.3) is 0 Å². The van der Waals surface area contributed by atoms with E-state index in [1.54, 1.807) is 25.1 Å². The summed E-state index contributed by atoms with van der Waals surface area (Å²) in [6.07, 6.45) is 1.12. The first-order valence-corrected chi connectivity index (χ1v) is 11.9. The first-order chi connectivity index (χ1) is 14.1. The maximum atomic E-state index is 12.8. The number of piperazine rings is 1. The van der Waals surface area contributed by atoms with E-state index in [-0.39, 0.29) is 5.91 Å². The van der Waals surface area contributed by atoms with Crippen LogP contribution in [0, 0.1) is 6.92 Å². The van der Waals surface area contributed by atoms with Crippen molar-refractivity contribution in [1.29, 1.82) is 0 Å². The molecule has 1 aliphatic heterocycles. The van der Waals surface area contributed by atoms with Crippen LogP contribution < -0.4 is 14.5 Å². The number of hydrogen-bond acceptors (Lipinski definition) is 5. The van der Waals surface area contributed by atoms with Gasteiger partial charge in [-0.05, 0) is 62.9 Å². The number of rotatable bonds is 6. The molecule has 0 aromatic heterocycles. The SMILES string of the molecule is Cc1cccc(N([C@@H](C)C(=O)Nc2ccc(N3CCN(C)CC3)cc2)S(C)(=O)=O)c1. The summed E-state index contributed by atoms with van der Waals surface area (Å²) in [7, 11) is -1.52. The normalized spacial score (nSPS) is 16.2. The Morgan fingerprint density at radius 2 is 1.70 bits per heavy atom. The topological polar surface area (TPSA) is 73.0 Å². The standard InChI is InChI=1S/C22H30N4O3S/c1-17-6-5-7-21(16-17)26(30(4,28)29)18(2)22(27)23-19-8-10-20(11-9-19)25-14-12-24(3)13-15-25/h5-11,16,18H,12-15H2,1-4H3,(H,23,27)/t18-/m0/s1. The van der Waals surface area contributed by atoms with Crippen molar-refractivity contribution in [2.24, 2.45) is 0 Å². The van der Waals surface area contributed by atoms with E-state index in [1.165, 1.54) is 0 Å². The summed E-state index contributed by atoms with van der Waals surface area (Å²) >= 11 is 0. The molecule has 1 saturated heterocycles. The quantitative estimate of drug-likeness (QED) is 0.763. The van der Waals surface area contributed by atoms with Gasteiger partial charge >= 0.3 is 0 Å². The Bertz CT molecular complexity index is 984. The number of likely N-dealkylation sites (N-methyl/N-ethyl adjacent to an activating group) is 1. The first kappa shape index (κ1) is 22.1. The van der Waals surface area contributed by atoms with Crippen molar-refractivity contribution in [3.8, 4) is 0 Å². The molecule has 1 aliphatic rings. The van der Waals surface area contributed by atoms with E-state index in [4.69, 9.17) is 0 Å². The molecular weight excluding hydrogens is 400 g/mol. The zero-order chi connectivity index (χ0) is 21.9. The number of nitrogens with zero attached hydrogens (tertiary/aromatic N) is 3. The van der Waals surface area contributed by atoms with Gasteiger partial charge in [0.1, 0.15) is 6.04 Å². The third kappa shape index (κ3) is 5.31. The first-order valence-electron chi connectivity index (χ1n) is 10.1. The van der Waals surface area contributed by atoms with Gasteiger partial charge < -0.3 is 15.1 Å². The Hall–Kier alpha value is -2.58. The predicted octanol–water partition coefficient (Wildman–Crippen LogP) is 2.54. The number of carbonyl (C=O) groups excluding carboxylic acids is 1. The van der Waals surface area contributed by atoms with Gasteiger partial charge in [-0.1, -0.05) is 12.1 Å². The Kier molecular flexibility index (Phi) is 6.67. The van der Waals surface area contributed by atoms with Crippen LogP contribution in [0.15, 0.2) is 48.5 Å². The molecule has 30 heavy (non-hydrogen) atoms. The van der Waals surface area contributed by atoms with Crippen LogP contribution in [0.25, 0.3) is 0 Å². The summed E-state index contributed by atoms with van der Waals surface area (Å²) < 4.78 is 26.0. The van der Waals surface area contributed by atoms with Crippen LogP contribution >= 0.6 is 0 Å². The van der Waals surface area contributed by atoms with Gasteiger partial charge in [-0.25, -0.2) is 8.42 Å². The maximum Gasteiger partial charge on any atom is 0.247 e. The third-order valence-electron chi connectivity index (χ3n) is 5.35. The molecule has 0 bridgehead atoms. The summed E-state index contributed by atoms with van der Waals surface area (Å²) in [5.74, 6) is -0.380. The van der Waals surface area contributed by atoms with Crippen LogP contribution in [0.5, 0.6) is 0 Å². The molecule has 1 heterocycles. The Labute approximate surface area is 179 Å². The van der Waals surface area contributed by atoms with Gasteiger partial charge in [0.2, 0.25) is 15.9 Å². The van der Waals surface area contributed by atoms with Crippen LogP contribution in [-0.4, -0.2) is 64.7 Å². The zero-order valence-electron chi connectivity index (χ0n) is 18.0. The zero-order valence-corrected chi connectivity index (χ0v) is 18.8. The molecule has 0 aliphatic carbocycles. The van der Waals surface area contributed by atoms with Gasteiger partial charge in [0.05, 0.1) is 11.9 Å². The molecule has 1 atom stereocenters. The van der Waals surface area contributed by atoms with Crippen LogP contribution in [0.1, 0.15) is 12.5 Å². The van der Waals surface area contributed by atoms with E-state index >= 15 is 0 Å². The molecule has 2 aromatic carbocycles. The molecule has 0 spiro atoms. The van der Waals surface area contributed by atoms with Crippen LogP contribution in [-0.2, 0) is 14.8 Å². The van der Waals surface area contributed by atoms with Crippen molar-refractivity contribution in [3.05, 3.63) is 54.1 Å². The second-order valence-electron chi connectivity index (χ2n) is 7.90. The minimum atomic E-state index is -3.64. The molecule has 0 unspecified atom stereocenters. The highest BCUT2D eigenvalue weighted by Crippen LogP contribution is 2.24. The van der Waals surface area contributed by atoms with Crippen molar-refractivity contribution in [1.82, 2.24) is 4.90 Å². The van der Waals surface area contributed by atoms with E-state index in [0.717, 1.165) is 48.0 Å². The van der Waals surface area contributed by atoms with Crippen molar-refractivity contribution in [3.63, 3.8) is 0 Å². The van der Waals surface area contributed by atoms with Crippen LogP contribution in [0.4, 0.5) is 17.1 Å². The Morgan fingerprint density at radius 1 is 1.07 bits per heavy atom. The fraction of sp³-hybridized carbons (Fsp3) is 0.409. The highest BCUT2D eigenvalue weighted by Gasteiger charge is 2.29. The monoisotopic (exact) mass is 430 g/mol. The summed E-state index contributed by atoms with van der Waals surface area (Å²) in [5, 5.41) is 2.84. The van der Waals surface area contributed by atoms with Gasteiger partial charge in [-0.15, -0.1) is 0 Å². The summed E-state index contributed by atoms with van der Waals surface area (Å²) in [5.41, 5.74) is 3.16. The molecule has 1 amide bonds. The fourth-order valence-corrected chi connectivity index (χ4v) is 4.81. The number of sulfonamides is 1. The maximum absolute atomic E-state index is 12.8. The lowest BCUT2D eigenvalue weighted by atomic mass is 10.2. The summed E-state index contributed by atoms with van der Waals surface area (Å²) in [4.78, 5) is 17.5. The second kappa shape index (κ2) is 9.06. The third-order valence-corrected chi connectivity index (χ3v) is 6.59. The van der Waals surface area contributed by atoms with Crippen molar-refractivity contribution >= 4 is 33.0 Å². The van der Waals surface area contributed by atoms with Gasteiger partial charge in [-0.2, -0.15) is 0 Å². The van der Waals surface area contributed by atoms with Crippen molar-refractivity contribution < 1.29 is 13.2 Å². The Balaban J connectivity index is 1.72. The molecule has 0 radical (unpaired) electrons. The van der Waals surface area contributed by atoms with Crippen molar-refractivity contribution in [2.75, 3.05) is 54.0 Å². The van der Waals surface area contributed by atoms with E-state index < -0.39 is 16.1 Å². The lowest BCUT2D eigenvalue weighted by molar-refractivity contribution is -0.116. The Morgan fingerprint density at radius 3 is 2.27 bits per heavy atom. The smallest absolute Gasteiger partial charge is 0.247 e. The second-order valence-corrected chi connectivity index (χ2v) is 9.76. The molecule has 3 rings (SSSR count). The number of hydrogen-bond donors (Lipinski definition) is 1. The molecule has 162 valence electrons. The molecule has 0 saturated carbocycles. The average molecular weight is 431 g/mol. The van der Waals surface area contributed by atoms with Gasteiger partial charge in [0, 0.05) is 37.6 Å². The van der Waals surface area contributed by atoms with E-state index in [0.29, 0.717) is 11.4 Å². The highest BCUT2D eigenvalue weighted by atomic mass is 32.2. The average Bonchev–Trinajstić information content (AvgIpc) is 2.68. The highest BCUT2D eigenvalue weighted by molar-refractivity contribution is 7.92. The number of carbonyl (C=O) groups is 1. The summed E-state index contributed by atoms with van der Waals surface area (Å²) in [6, 6.07) is 13.9. The lowest BCUT2D eigenvalue weighted by Crippen LogP contribution is -2.45. The minimum absolute atomic E-state index is 0.380. The van der Waals surface area contributed by atoms with Crippen LogP contribution in [0.2, 0.25) is 0 Å². The number of amides is 1.